The lowest BCUT2D eigenvalue weighted by atomic mass is 9.90. The number of aromatic nitrogens is 1. The first-order valence-corrected chi connectivity index (χ1v) is 13.4. The van der Waals surface area contributed by atoms with Crippen LogP contribution in [-0.4, -0.2) is 85.1 Å². The number of amides is 1. The Labute approximate surface area is 225 Å². The molecule has 1 amide bonds. The summed E-state index contributed by atoms with van der Waals surface area (Å²) >= 11 is 5.77. The zero-order chi connectivity index (χ0) is 25.5. The van der Waals surface area contributed by atoms with Crippen LogP contribution in [0.1, 0.15) is 18.4 Å². The van der Waals surface area contributed by atoms with Crippen LogP contribution >= 0.6 is 24.0 Å². The van der Waals surface area contributed by atoms with Crippen molar-refractivity contribution in [2.45, 2.75) is 18.4 Å². The van der Waals surface area contributed by atoms with Gasteiger partial charge in [0.05, 0.1) is 22.1 Å². The van der Waals surface area contributed by atoms with E-state index in [1.54, 1.807) is 12.4 Å². The van der Waals surface area contributed by atoms with Gasteiger partial charge in [0.15, 0.2) is 0 Å². The number of ether oxygens (including phenoxy) is 1. The number of hydrogen-bond donors (Lipinski definition) is 1. The third-order valence-electron chi connectivity index (χ3n) is 6.90. The molecule has 0 radical (unpaired) electrons. The Morgan fingerprint density at radius 1 is 1.14 bits per heavy atom. The van der Waals surface area contributed by atoms with Gasteiger partial charge < -0.3 is 19.6 Å². The molecule has 1 aromatic heterocycles. The summed E-state index contributed by atoms with van der Waals surface area (Å²) in [7, 11) is -4.00. The van der Waals surface area contributed by atoms with Crippen LogP contribution in [0.15, 0.2) is 41.6 Å². The van der Waals surface area contributed by atoms with Gasteiger partial charge >= 0.3 is 0 Å². The van der Waals surface area contributed by atoms with E-state index in [0.717, 1.165) is 16.1 Å². The van der Waals surface area contributed by atoms with Crippen LogP contribution in [0.3, 0.4) is 0 Å². The molecule has 0 aliphatic carbocycles. The van der Waals surface area contributed by atoms with Crippen molar-refractivity contribution in [2.24, 2.45) is 0 Å². The maximum Gasteiger partial charge on any atom is 0.243 e. The highest BCUT2D eigenvalue weighted by molar-refractivity contribution is 7.93. The number of benzene rings is 1. The van der Waals surface area contributed by atoms with E-state index >= 15 is 0 Å². The first kappa shape index (κ1) is 27.6. The fourth-order valence-corrected chi connectivity index (χ4v) is 6.34. The molecule has 13 heteroatoms. The van der Waals surface area contributed by atoms with Crippen molar-refractivity contribution in [3.8, 4) is 5.75 Å². The predicted octanol–water partition coefficient (Wildman–Crippen LogP) is 2.53. The number of fused-ring (bicyclic) bond motifs is 1. The summed E-state index contributed by atoms with van der Waals surface area (Å²) in [6.07, 6.45) is 5.79. The van der Waals surface area contributed by atoms with Crippen LogP contribution in [-0.2, 0) is 14.8 Å². The highest BCUT2D eigenvalue weighted by Crippen LogP contribution is 2.34. The van der Waals surface area contributed by atoms with Crippen molar-refractivity contribution >= 4 is 51.7 Å². The van der Waals surface area contributed by atoms with E-state index in [1.807, 2.05) is 12.1 Å². The lowest BCUT2D eigenvalue weighted by Crippen LogP contribution is -2.58. The zero-order valence-electron chi connectivity index (χ0n) is 19.8. The second-order valence-corrected chi connectivity index (χ2v) is 11.7. The molecule has 9 nitrogen and oxygen atoms in total. The van der Waals surface area contributed by atoms with Gasteiger partial charge in [-0.2, -0.15) is 4.31 Å². The fourth-order valence-electron chi connectivity index (χ4n) is 4.77. The summed E-state index contributed by atoms with van der Waals surface area (Å²) < 4.78 is 46.9. The number of pyridine rings is 1. The second kappa shape index (κ2) is 10.7. The average molecular weight is 573 g/mol. The van der Waals surface area contributed by atoms with Crippen molar-refractivity contribution in [3.63, 3.8) is 0 Å². The van der Waals surface area contributed by atoms with Crippen molar-refractivity contribution in [1.82, 2.24) is 14.2 Å². The lowest BCUT2D eigenvalue weighted by molar-refractivity contribution is -0.138. The van der Waals surface area contributed by atoms with Crippen LogP contribution in [0.5, 0.6) is 5.75 Å². The van der Waals surface area contributed by atoms with E-state index in [2.05, 4.69) is 9.88 Å². The minimum absolute atomic E-state index is 0. The number of aliphatic hydroxyl groups is 1. The van der Waals surface area contributed by atoms with Gasteiger partial charge in [-0.25, -0.2) is 12.8 Å². The largest absolute Gasteiger partial charge is 0.487 e. The zero-order valence-corrected chi connectivity index (χ0v) is 22.2. The Kier molecular flexibility index (Phi) is 8.01. The van der Waals surface area contributed by atoms with Crippen LogP contribution in [0, 0.1) is 5.82 Å². The number of carbonyl (C=O) groups excluding carboxylic acids is 1. The third kappa shape index (κ3) is 5.70. The molecule has 0 unspecified atom stereocenters. The fraction of sp³-hybridized carbons (Fsp3) is 0.417. The molecule has 2 saturated heterocycles. The van der Waals surface area contributed by atoms with Gasteiger partial charge in [0.2, 0.25) is 15.9 Å². The molecule has 3 aliphatic rings. The third-order valence-corrected chi connectivity index (χ3v) is 9.08. The number of halogens is 3. The van der Waals surface area contributed by atoms with Gasteiger partial charge in [0, 0.05) is 62.4 Å². The first-order chi connectivity index (χ1) is 17.1. The molecule has 1 aromatic carbocycles. The molecule has 37 heavy (non-hydrogen) atoms. The van der Waals surface area contributed by atoms with E-state index in [-0.39, 0.29) is 66.6 Å². The highest BCUT2D eigenvalue weighted by Gasteiger charge is 2.40. The number of hydrogen-bond acceptors (Lipinski definition) is 7. The maximum atomic E-state index is 13.9. The van der Waals surface area contributed by atoms with Crippen LogP contribution < -0.4 is 9.64 Å². The molecule has 5 rings (SSSR count). The Morgan fingerprint density at radius 2 is 1.84 bits per heavy atom. The molecule has 2 aromatic rings. The number of piperidine rings is 1. The molecule has 0 atom stereocenters. The smallest absolute Gasteiger partial charge is 0.243 e. The van der Waals surface area contributed by atoms with Gasteiger partial charge in [-0.3, -0.25) is 9.78 Å². The Hall–Kier alpha value is -2.44. The molecule has 0 spiro atoms. The van der Waals surface area contributed by atoms with Gasteiger partial charge in [-0.05, 0) is 37.1 Å². The van der Waals surface area contributed by atoms with Crippen LogP contribution in [0.2, 0.25) is 5.02 Å². The second-order valence-electron chi connectivity index (χ2n) is 9.27. The van der Waals surface area contributed by atoms with Gasteiger partial charge in [0.25, 0.3) is 0 Å². The summed E-state index contributed by atoms with van der Waals surface area (Å²) in [6, 6.07) is 6.27. The molecule has 1 N–H and O–H groups in total. The number of nitrogens with zero attached hydrogens (tertiary/aromatic N) is 4. The standard InChI is InChI=1S/C24H26ClFN4O5S.ClH/c25-20-13-22-17(12-21(20)26)11-19(15-35-22)36(33,34)30-10-9-29(23(31)14-30)16-24(32)3-7-28(8-4-24)18-1-5-27-6-2-18;/h1-2,5-6,11-13,32H,3-4,7-10,14-16H2;1H. The van der Waals surface area contributed by atoms with Crippen molar-refractivity contribution in [1.29, 1.82) is 0 Å². The SMILES string of the molecule is Cl.O=C1CN(S(=O)(=O)C2=Cc3cc(F)c(Cl)cc3OC2)CCN1CC1(O)CCN(c2ccncc2)CC1. The summed E-state index contributed by atoms with van der Waals surface area (Å²) in [5, 5.41) is 11.0. The number of sulfonamides is 1. The van der Waals surface area contributed by atoms with Crippen molar-refractivity contribution < 1.29 is 27.4 Å². The van der Waals surface area contributed by atoms with E-state index in [4.69, 9.17) is 16.3 Å². The van der Waals surface area contributed by atoms with Crippen LogP contribution in [0.4, 0.5) is 10.1 Å². The van der Waals surface area contributed by atoms with E-state index in [0.29, 0.717) is 31.7 Å². The quantitative estimate of drug-likeness (QED) is 0.587. The van der Waals surface area contributed by atoms with E-state index < -0.39 is 21.4 Å². The minimum atomic E-state index is -4.00. The normalized spacial score (nSPS) is 20.0. The minimum Gasteiger partial charge on any atom is -0.487 e. The average Bonchev–Trinajstić information content (AvgIpc) is 2.86. The molecule has 0 saturated carbocycles. The summed E-state index contributed by atoms with van der Waals surface area (Å²) in [5.41, 5.74) is 0.276. The Balaban J connectivity index is 0.00000320. The first-order valence-electron chi connectivity index (χ1n) is 11.6. The Bertz CT molecular complexity index is 1300. The van der Waals surface area contributed by atoms with E-state index in [1.165, 1.54) is 17.0 Å². The highest BCUT2D eigenvalue weighted by atomic mass is 35.5. The number of carbonyl (C=O) groups is 1. The van der Waals surface area contributed by atoms with Crippen molar-refractivity contribution in [2.75, 3.05) is 50.8 Å². The van der Waals surface area contributed by atoms with Crippen LogP contribution in [0.25, 0.3) is 6.08 Å². The number of anilines is 1. The van der Waals surface area contributed by atoms with Gasteiger partial charge in [0.1, 0.15) is 18.2 Å². The topological polar surface area (TPSA) is 103 Å². The van der Waals surface area contributed by atoms with Crippen molar-refractivity contribution in [3.05, 3.63) is 58.0 Å². The molecular formula is C24H27Cl2FN4O5S. The van der Waals surface area contributed by atoms with Gasteiger partial charge in [-0.15, -0.1) is 12.4 Å². The molecule has 200 valence electrons. The predicted molar refractivity (Wildman–Crippen MR) is 140 cm³/mol. The lowest BCUT2D eigenvalue weighted by Gasteiger charge is -2.43. The monoisotopic (exact) mass is 572 g/mol. The van der Waals surface area contributed by atoms with E-state index in [9.17, 15) is 22.7 Å². The molecule has 0 bridgehead atoms. The molecule has 2 fully saturated rings. The summed E-state index contributed by atoms with van der Waals surface area (Å²) in [6.45, 7) is 1.13. The summed E-state index contributed by atoms with van der Waals surface area (Å²) in [5.74, 6) is -0.753. The van der Waals surface area contributed by atoms with Gasteiger partial charge in [-0.1, -0.05) is 11.6 Å². The number of rotatable bonds is 5. The number of β-amino-alcohol motifs (C(OH)–C–C–N with tert-alkyl or cyclic N) is 1. The molecule has 4 heterocycles. The molecular weight excluding hydrogens is 546 g/mol. The maximum absolute atomic E-state index is 13.9. The summed E-state index contributed by atoms with van der Waals surface area (Å²) in [4.78, 5) is 20.6. The number of piperazine rings is 1. The molecule has 3 aliphatic heterocycles. The Morgan fingerprint density at radius 3 is 2.51 bits per heavy atom.